The number of allylic oxidation sites excluding steroid dienone is 1. The van der Waals surface area contributed by atoms with Crippen LogP contribution in [-0.4, -0.2) is 12.1 Å². The van der Waals surface area contributed by atoms with Crippen molar-refractivity contribution in [3.8, 4) is 0 Å². The fourth-order valence-electron chi connectivity index (χ4n) is 8.95. The van der Waals surface area contributed by atoms with Crippen LogP contribution in [-0.2, 0) is 9.53 Å². The molecule has 0 aromatic carbocycles. The lowest BCUT2D eigenvalue weighted by molar-refractivity contribution is -0.159. The third-order valence-corrected chi connectivity index (χ3v) is 10.7. The highest BCUT2D eigenvalue weighted by molar-refractivity contribution is 5.66. The summed E-state index contributed by atoms with van der Waals surface area (Å²) < 4.78 is 5.79. The lowest BCUT2D eigenvalue weighted by Gasteiger charge is -2.64. The van der Waals surface area contributed by atoms with Crippen molar-refractivity contribution in [1.82, 2.24) is 0 Å². The van der Waals surface area contributed by atoms with E-state index in [0.29, 0.717) is 10.8 Å². The molecule has 0 saturated heterocycles. The smallest absolute Gasteiger partial charge is 0.302 e. The maximum atomic E-state index is 11.7. The van der Waals surface area contributed by atoms with Crippen LogP contribution in [0.5, 0.6) is 0 Å². The number of carbonyl (C=O) groups excluding carboxylic acids is 1. The zero-order chi connectivity index (χ0) is 20.5. The van der Waals surface area contributed by atoms with E-state index in [1.54, 1.807) is 12.5 Å². The monoisotopic (exact) mass is 386 g/mol. The van der Waals surface area contributed by atoms with Gasteiger partial charge in [-0.3, -0.25) is 4.79 Å². The van der Waals surface area contributed by atoms with Gasteiger partial charge in [-0.15, -0.1) is 0 Å². The van der Waals surface area contributed by atoms with Crippen molar-refractivity contribution >= 4 is 5.97 Å². The van der Waals surface area contributed by atoms with E-state index in [9.17, 15) is 4.79 Å². The molecule has 4 aliphatic carbocycles. The quantitative estimate of drug-likeness (QED) is 0.380. The molecule has 2 heteroatoms. The molecule has 0 spiro atoms. The normalized spacial score (nSPS) is 49.5. The summed E-state index contributed by atoms with van der Waals surface area (Å²) in [6, 6.07) is 0. The van der Waals surface area contributed by atoms with E-state index in [1.165, 1.54) is 44.9 Å². The standard InChI is InChI=1S/C26H42O2/c1-8-18-11-15-26(7)20-9-10-21-23(3,4)22(28-17(2)27)13-14-24(21,5)19(20)12-16-25(18,26)6/h10,18-20,22H,8-9,11-16H2,1-7H3. The summed E-state index contributed by atoms with van der Waals surface area (Å²) in [5.41, 5.74) is 2.83. The molecule has 4 aliphatic rings. The van der Waals surface area contributed by atoms with Crippen LogP contribution in [0.25, 0.3) is 0 Å². The summed E-state index contributed by atoms with van der Waals surface area (Å²) in [6.45, 7) is 16.4. The molecule has 2 nitrogen and oxygen atoms in total. The van der Waals surface area contributed by atoms with Gasteiger partial charge >= 0.3 is 5.97 Å². The molecule has 158 valence electrons. The van der Waals surface area contributed by atoms with Crippen LogP contribution in [0.15, 0.2) is 11.6 Å². The minimum Gasteiger partial charge on any atom is -0.462 e. The Morgan fingerprint density at radius 2 is 1.68 bits per heavy atom. The number of carbonyl (C=O) groups is 1. The fraction of sp³-hybridized carbons (Fsp3) is 0.885. The van der Waals surface area contributed by atoms with Gasteiger partial charge in [0.2, 0.25) is 0 Å². The van der Waals surface area contributed by atoms with Gasteiger partial charge in [0.1, 0.15) is 6.10 Å². The molecular weight excluding hydrogens is 344 g/mol. The third-order valence-electron chi connectivity index (χ3n) is 10.7. The number of hydrogen-bond acceptors (Lipinski definition) is 2. The number of hydrogen-bond donors (Lipinski definition) is 0. The van der Waals surface area contributed by atoms with E-state index in [-0.39, 0.29) is 22.9 Å². The Morgan fingerprint density at radius 1 is 1.00 bits per heavy atom. The number of rotatable bonds is 2. The predicted octanol–water partition coefficient (Wildman–Crippen LogP) is 6.93. The van der Waals surface area contributed by atoms with Crippen molar-refractivity contribution in [2.24, 2.45) is 39.4 Å². The first-order valence-electron chi connectivity index (χ1n) is 11.9. The molecule has 0 amide bonds. The maximum absolute atomic E-state index is 11.7. The van der Waals surface area contributed by atoms with Crippen molar-refractivity contribution in [2.75, 3.05) is 0 Å². The predicted molar refractivity (Wildman–Crippen MR) is 115 cm³/mol. The first-order chi connectivity index (χ1) is 13.0. The van der Waals surface area contributed by atoms with Crippen LogP contribution in [0.2, 0.25) is 0 Å². The van der Waals surface area contributed by atoms with E-state index < -0.39 is 0 Å². The van der Waals surface area contributed by atoms with Crippen LogP contribution >= 0.6 is 0 Å². The maximum Gasteiger partial charge on any atom is 0.302 e. The van der Waals surface area contributed by atoms with Gasteiger partial charge in [0.15, 0.2) is 0 Å². The van der Waals surface area contributed by atoms with Crippen molar-refractivity contribution in [1.29, 1.82) is 0 Å². The molecular formula is C26H42O2. The number of fused-ring (bicyclic) bond motifs is 5. The Labute approximate surface area is 172 Å². The summed E-state index contributed by atoms with van der Waals surface area (Å²) in [5, 5.41) is 0. The fourth-order valence-corrected chi connectivity index (χ4v) is 8.95. The van der Waals surface area contributed by atoms with E-state index >= 15 is 0 Å². The van der Waals surface area contributed by atoms with E-state index in [4.69, 9.17) is 4.74 Å². The Hall–Kier alpha value is -0.790. The molecule has 0 radical (unpaired) electrons. The van der Waals surface area contributed by atoms with Gasteiger partial charge in [-0.2, -0.15) is 0 Å². The molecule has 28 heavy (non-hydrogen) atoms. The van der Waals surface area contributed by atoms with Gasteiger partial charge < -0.3 is 4.74 Å². The largest absolute Gasteiger partial charge is 0.462 e. The highest BCUT2D eigenvalue weighted by Gasteiger charge is 2.65. The van der Waals surface area contributed by atoms with Crippen LogP contribution in [0, 0.1) is 39.4 Å². The van der Waals surface area contributed by atoms with Crippen molar-refractivity contribution < 1.29 is 9.53 Å². The van der Waals surface area contributed by atoms with Crippen LogP contribution < -0.4 is 0 Å². The van der Waals surface area contributed by atoms with Gasteiger partial charge in [0.25, 0.3) is 0 Å². The Kier molecular flexibility index (Phi) is 4.65. The first-order valence-corrected chi connectivity index (χ1v) is 11.9. The zero-order valence-corrected chi connectivity index (χ0v) is 19.4. The Balaban J connectivity index is 1.71. The molecule has 3 fully saturated rings. The third kappa shape index (κ3) is 2.48. The topological polar surface area (TPSA) is 26.3 Å². The summed E-state index contributed by atoms with van der Waals surface area (Å²) in [7, 11) is 0. The number of esters is 1. The first kappa shape index (κ1) is 20.5. The molecule has 4 rings (SSSR count). The number of ether oxygens (including phenoxy) is 1. The Bertz CT molecular complexity index is 691. The lowest BCUT2D eigenvalue weighted by atomic mass is 9.40. The highest BCUT2D eigenvalue weighted by Crippen LogP contribution is 2.73. The molecule has 0 heterocycles. The average Bonchev–Trinajstić information content (AvgIpc) is 2.88. The van der Waals surface area contributed by atoms with Crippen LogP contribution in [0.3, 0.4) is 0 Å². The minimum atomic E-state index is -0.131. The van der Waals surface area contributed by atoms with Crippen molar-refractivity contribution in [3.05, 3.63) is 11.6 Å². The van der Waals surface area contributed by atoms with E-state index in [1.807, 2.05) is 0 Å². The Morgan fingerprint density at radius 3 is 2.32 bits per heavy atom. The van der Waals surface area contributed by atoms with Gasteiger partial charge in [-0.25, -0.2) is 0 Å². The molecule has 0 aliphatic heterocycles. The second-order valence-corrected chi connectivity index (χ2v) is 11.9. The molecule has 0 bridgehead atoms. The van der Waals surface area contributed by atoms with Gasteiger partial charge in [-0.05, 0) is 78.9 Å². The van der Waals surface area contributed by atoms with Gasteiger partial charge in [0.05, 0.1) is 0 Å². The van der Waals surface area contributed by atoms with Gasteiger partial charge in [-0.1, -0.05) is 59.6 Å². The zero-order valence-electron chi connectivity index (χ0n) is 19.4. The lowest BCUT2D eigenvalue weighted by Crippen LogP contribution is -2.58. The summed E-state index contributed by atoms with van der Waals surface area (Å²) in [5.74, 6) is 2.39. The van der Waals surface area contributed by atoms with Gasteiger partial charge in [0, 0.05) is 12.3 Å². The summed E-state index contributed by atoms with van der Waals surface area (Å²) in [4.78, 5) is 11.7. The molecule has 7 unspecified atom stereocenters. The SMILES string of the molecule is CCC1CCC2(C)C3CC=C4C(C)(C)C(OC(C)=O)CCC4(C)C3CCC12C. The molecule has 0 N–H and O–H groups in total. The van der Waals surface area contributed by atoms with E-state index in [2.05, 4.69) is 47.6 Å². The minimum absolute atomic E-state index is 0.0290. The second kappa shape index (κ2) is 6.35. The molecule has 3 saturated carbocycles. The average molecular weight is 387 g/mol. The van der Waals surface area contributed by atoms with Crippen LogP contribution in [0.1, 0.15) is 99.8 Å². The van der Waals surface area contributed by atoms with Crippen molar-refractivity contribution in [2.45, 2.75) is 106 Å². The van der Waals surface area contributed by atoms with Crippen LogP contribution in [0.4, 0.5) is 0 Å². The van der Waals surface area contributed by atoms with Crippen molar-refractivity contribution in [3.63, 3.8) is 0 Å². The highest BCUT2D eigenvalue weighted by atomic mass is 16.5. The second-order valence-electron chi connectivity index (χ2n) is 11.9. The summed E-state index contributed by atoms with van der Waals surface area (Å²) >= 11 is 0. The summed E-state index contributed by atoms with van der Waals surface area (Å²) in [6.07, 6.45) is 13.0. The molecule has 7 atom stereocenters. The molecule has 0 aromatic rings. The van der Waals surface area contributed by atoms with E-state index in [0.717, 1.165) is 24.2 Å². The molecule has 0 aromatic heterocycles.